The average molecular weight is 268 g/mol. The molecule has 1 aliphatic rings. The van der Waals surface area contributed by atoms with E-state index in [4.69, 9.17) is 0 Å². The highest BCUT2D eigenvalue weighted by atomic mass is 19.1. The molecule has 2 aromatic rings. The van der Waals surface area contributed by atoms with Crippen LogP contribution in [0.2, 0.25) is 0 Å². The van der Waals surface area contributed by atoms with Gasteiger partial charge in [-0.05, 0) is 60.6 Å². The van der Waals surface area contributed by atoms with Crippen LogP contribution in [-0.2, 0) is 19.3 Å². The molecule has 0 saturated carbocycles. The summed E-state index contributed by atoms with van der Waals surface area (Å²) in [5.41, 5.74) is 4.74. The number of fused-ring (bicyclic) bond motifs is 1. The molecule has 0 atom stereocenters. The van der Waals surface area contributed by atoms with E-state index in [0.717, 1.165) is 24.0 Å². The highest BCUT2D eigenvalue weighted by Crippen LogP contribution is 2.23. The Morgan fingerprint density at radius 2 is 1.90 bits per heavy atom. The van der Waals surface area contributed by atoms with Crippen molar-refractivity contribution < 1.29 is 9.18 Å². The molecule has 1 nitrogen and oxygen atoms in total. The third-order valence-corrected chi connectivity index (χ3v) is 3.95. The topological polar surface area (TPSA) is 17.1 Å². The number of carbonyl (C=O) groups excluding carboxylic acids is 1. The van der Waals surface area contributed by atoms with E-state index in [9.17, 15) is 9.18 Å². The molecule has 0 unspecified atom stereocenters. The van der Waals surface area contributed by atoms with Crippen molar-refractivity contribution in [3.63, 3.8) is 0 Å². The summed E-state index contributed by atoms with van der Waals surface area (Å²) in [5, 5.41) is 0. The van der Waals surface area contributed by atoms with Crippen LogP contribution in [0.1, 0.15) is 39.0 Å². The fourth-order valence-electron chi connectivity index (χ4n) is 2.86. The maximum Gasteiger partial charge on any atom is 0.170 e. The van der Waals surface area contributed by atoms with Crippen molar-refractivity contribution in [3.05, 3.63) is 70.0 Å². The summed E-state index contributed by atoms with van der Waals surface area (Å²) in [5.74, 6) is -0.573. The Bertz CT molecular complexity index is 673. The highest BCUT2D eigenvalue weighted by Gasteiger charge is 2.15. The van der Waals surface area contributed by atoms with Gasteiger partial charge in [0.1, 0.15) is 5.82 Å². The maximum atomic E-state index is 13.8. The normalized spacial score (nSPS) is 13.3. The van der Waals surface area contributed by atoms with E-state index in [-0.39, 0.29) is 17.8 Å². The summed E-state index contributed by atoms with van der Waals surface area (Å²) in [6.07, 6.45) is 3.69. The fraction of sp³-hybridized carbons (Fsp3) is 0.278. The molecule has 20 heavy (non-hydrogen) atoms. The van der Waals surface area contributed by atoms with Crippen LogP contribution < -0.4 is 0 Å². The molecule has 0 amide bonds. The molecular weight excluding hydrogens is 251 g/mol. The lowest BCUT2D eigenvalue weighted by Crippen LogP contribution is -2.06. The van der Waals surface area contributed by atoms with Crippen LogP contribution in [0.4, 0.5) is 4.39 Å². The third kappa shape index (κ3) is 2.51. The Morgan fingerprint density at radius 1 is 1.10 bits per heavy atom. The molecular formula is C18H17FO. The molecule has 0 heterocycles. The van der Waals surface area contributed by atoms with Gasteiger partial charge in [0.15, 0.2) is 5.78 Å². The number of hydrogen-bond acceptors (Lipinski definition) is 1. The van der Waals surface area contributed by atoms with Crippen LogP contribution in [0.25, 0.3) is 0 Å². The van der Waals surface area contributed by atoms with Gasteiger partial charge in [0.2, 0.25) is 0 Å². The molecule has 0 saturated heterocycles. The number of benzene rings is 2. The van der Waals surface area contributed by atoms with Gasteiger partial charge in [0, 0.05) is 6.42 Å². The van der Waals surface area contributed by atoms with Crippen molar-refractivity contribution in [3.8, 4) is 0 Å². The van der Waals surface area contributed by atoms with Crippen molar-refractivity contribution in [2.75, 3.05) is 0 Å². The van der Waals surface area contributed by atoms with E-state index in [1.54, 1.807) is 12.1 Å². The van der Waals surface area contributed by atoms with E-state index >= 15 is 0 Å². The van der Waals surface area contributed by atoms with Crippen LogP contribution in [0.5, 0.6) is 0 Å². The van der Waals surface area contributed by atoms with Gasteiger partial charge in [-0.25, -0.2) is 4.39 Å². The van der Waals surface area contributed by atoms with Crippen LogP contribution in [0.15, 0.2) is 36.4 Å². The van der Waals surface area contributed by atoms with Crippen molar-refractivity contribution in [1.29, 1.82) is 0 Å². The molecule has 0 N–H and O–H groups in total. The van der Waals surface area contributed by atoms with Gasteiger partial charge >= 0.3 is 0 Å². The van der Waals surface area contributed by atoms with Crippen molar-refractivity contribution in [2.24, 2.45) is 0 Å². The first-order valence-electron chi connectivity index (χ1n) is 7.03. The molecule has 2 heteroatoms. The van der Waals surface area contributed by atoms with Gasteiger partial charge in [-0.1, -0.05) is 24.3 Å². The molecule has 0 spiro atoms. The Morgan fingerprint density at radius 3 is 2.70 bits per heavy atom. The van der Waals surface area contributed by atoms with E-state index < -0.39 is 5.82 Å². The molecule has 0 fully saturated rings. The van der Waals surface area contributed by atoms with E-state index in [1.807, 2.05) is 13.0 Å². The standard InChI is InChI=1S/C18H17FO/c1-12-5-8-16(17(19)9-12)18(20)11-13-6-7-14-3-2-4-15(14)10-13/h5-10H,2-4,11H2,1H3. The van der Waals surface area contributed by atoms with Crippen molar-refractivity contribution in [1.82, 2.24) is 0 Å². The molecule has 0 bridgehead atoms. The SMILES string of the molecule is Cc1ccc(C(=O)Cc2ccc3c(c2)CCC3)c(F)c1. The summed E-state index contributed by atoms with van der Waals surface area (Å²) in [7, 11) is 0. The largest absolute Gasteiger partial charge is 0.294 e. The Labute approximate surface area is 118 Å². The minimum Gasteiger partial charge on any atom is -0.294 e. The summed E-state index contributed by atoms with van der Waals surface area (Å²) in [6.45, 7) is 1.82. The number of rotatable bonds is 3. The number of halogens is 1. The predicted molar refractivity (Wildman–Crippen MR) is 77.6 cm³/mol. The summed E-state index contributed by atoms with van der Waals surface area (Å²) >= 11 is 0. The number of aryl methyl sites for hydroxylation is 3. The van der Waals surface area contributed by atoms with Crippen LogP contribution >= 0.6 is 0 Å². The molecule has 1 aliphatic carbocycles. The summed E-state index contributed by atoms with van der Waals surface area (Å²) in [6, 6.07) is 11.0. The fourth-order valence-corrected chi connectivity index (χ4v) is 2.86. The van der Waals surface area contributed by atoms with Gasteiger partial charge < -0.3 is 0 Å². The van der Waals surface area contributed by atoms with Gasteiger partial charge in [-0.15, -0.1) is 0 Å². The van der Waals surface area contributed by atoms with E-state index in [2.05, 4.69) is 12.1 Å². The van der Waals surface area contributed by atoms with Crippen LogP contribution in [0.3, 0.4) is 0 Å². The first kappa shape index (κ1) is 13.0. The lowest BCUT2D eigenvalue weighted by molar-refractivity contribution is 0.0989. The lowest BCUT2D eigenvalue weighted by atomic mass is 9.99. The Kier molecular flexibility index (Phi) is 3.39. The summed E-state index contributed by atoms with van der Waals surface area (Å²) < 4.78 is 13.8. The zero-order valence-corrected chi connectivity index (χ0v) is 11.6. The highest BCUT2D eigenvalue weighted by molar-refractivity contribution is 5.97. The van der Waals surface area contributed by atoms with Gasteiger partial charge in [-0.2, -0.15) is 0 Å². The minimum absolute atomic E-state index is 0.152. The number of Topliss-reactive ketones (excluding diaryl/α,β-unsaturated/α-hetero) is 1. The van der Waals surface area contributed by atoms with Gasteiger partial charge in [0.25, 0.3) is 0 Å². The van der Waals surface area contributed by atoms with Gasteiger partial charge in [-0.3, -0.25) is 4.79 Å². The predicted octanol–water partition coefficient (Wildman–Crippen LogP) is 4.05. The zero-order chi connectivity index (χ0) is 14.1. The van der Waals surface area contributed by atoms with Crippen LogP contribution in [-0.4, -0.2) is 5.78 Å². The average Bonchev–Trinajstić information content (AvgIpc) is 2.85. The summed E-state index contributed by atoms with van der Waals surface area (Å²) in [4.78, 5) is 12.2. The molecule has 0 aliphatic heterocycles. The minimum atomic E-state index is -0.420. The van der Waals surface area contributed by atoms with E-state index in [0.29, 0.717) is 0 Å². The molecule has 0 aromatic heterocycles. The molecule has 102 valence electrons. The molecule has 0 radical (unpaired) electrons. The Hall–Kier alpha value is -1.96. The first-order chi connectivity index (χ1) is 9.63. The zero-order valence-electron chi connectivity index (χ0n) is 11.6. The van der Waals surface area contributed by atoms with Crippen LogP contribution in [0, 0.1) is 12.7 Å². The second kappa shape index (κ2) is 5.20. The monoisotopic (exact) mass is 268 g/mol. The third-order valence-electron chi connectivity index (χ3n) is 3.95. The first-order valence-corrected chi connectivity index (χ1v) is 7.03. The van der Waals surface area contributed by atoms with Crippen molar-refractivity contribution >= 4 is 5.78 Å². The quantitative estimate of drug-likeness (QED) is 0.768. The second-order valence-corrected chi connectivity index (χ2v) is 5.54. The van der Waals surface area contributed by atoms with E-state index in [1.165, 1.54) is 23.6 Å². The second-order valence-electron chi connectivity index (χ2n) is 5.54. The van der Waals surface area contributed by atoms with Gasteiger partial charge in [0.05, 0.1) is 5.56 Å². The Balaban J connectivity index is 1.82. The van der Waals surface area contributed by atoms with Crippen molar-refractivity contribution in [2.45, 2.75) is 32.6 Å². The molecule has 2 aromatic carbocycles. The smallest absolute Gasteiger partial charge is 0.170 e. The lowest BCUT2D eigenvalue weighted by Gasteiger charge is -2.06. The number of carbonyl (C=O) groups is 1. The number of ketones is 1. The number of hydrogen-bond donors (Lipinski definition) is 0. The molecule has 3 rings (SSSR count). The maximum absolute atomic E-state index is 13.8.